The Morgan fingerprint density at radius 3 is 2.46 bits per heavy atom. The van der Waals surface area contributed by atoms with Crippen LogP contribution in [-0.4, -0.2) is 4.98 Å². The molecule has 1 unspecified atom stereocenters. The van der Waals surface area contributed by atoms with E-state index in [4.69, 9.17) is 11.5 Å². The van der Waals surface area contributed by atoms with Crippen molar-refractivity contribution in [3.05, 3.63) is 23.4 Å². The van der Waals surface area contributed by atoms with Crippen molar-refractivity contribution in [3.8, 4) is 0 Å². The van der Waals surface area contributed by atoms with E-state index in [0.717, 1.165) is 11.1 Å². The fourth-order valence-electron chi connectivity index (χ4n) is 1.30. The molecule has 0 fully saturated rings. The van der Waals surface area contributed by atoms with E-state index < -0.39 is 0 Å². The second kappa shape index (κ2) is 3.75. The highest BCUT2D eigenvalue weighted by atomic mass is 14.8. The summed E-state index contributed by atoms with van der Waals surface area (Å²) in [6.45, 7) is 6.20. The molecule has 0 saturated carbocycles. The van der Waals surface area contributed by atoms with Gasteiger partial charge < -0.3 is 11.5 Å². The smallest absolute Gasteiger partial charge is 0.123 e. The van der Waals surface area contributed by atoms with Gasteiger partial charge in [0.1, 0.15) is 5.82 Å². The Bertz CT molecular complexity index is 294. The fourth-order valence-corrected chi connectivity index (χ4v) is 1.30. The van der Waals surface area contributed by atoms with Crippen LogP contribution in [-0.2, 0) is 0 Å². The summed E-state index contributed by atoms with van der Waals surface area (Å²) in [4.78, 5) is 4.04. The summed E-state index contributed by atoms with van der Waals surface area (Å²) in [5.41, 5.74) is 13.8. The number of nitrogens with zero attached hydrogens (tertiary/aromatic N) is 1. The number of pyridine rings is 1. The summed E-state index contributed by atoms with van der Waals surface area (Å²) in [5.74, 6) is 0.973. The molecule has 0 amide bonds. The standard InChI is InChI=1S/C10H17N3/c1-6(2)10(12)8-5-13-9(11)4-7(8)3/h4-6,10H,12H2,1-3H3,(H2,11,13). The lowest BCUT2D eigenvalue weighted by molar-refractivity contribution is 0.511. The minimum atomic E-state index is 0.0492. The molecule has 1 aromatic rings. The van der Waals surface area contributed by atoms with Gasteiger partial charge in [-0.15, -0.1) is 0 Å². The number of hydrogen-bond donors (Lipinski definition) is 2. The van der Waals surface area contributed by atoms with Gasteiger partial charge in [0, 0.05) is 12.2 Å². The first-order valence-electron chi connectivity index (χ1n) is 4.50. The SMILES string of the molecule is Cc1cc(N)ncc1C(N)C(C)C. The minimum Gasteiger partial charge on any atom is -0.384 e. The Balaban J connectivity index is 3.01. The van der Waals surface area contributed by atoms with E-state index in [1.54, 1.807) is 6.20 Å². The molecule has 72 valence electrons. The number of rotatable bonds is 2. The number of hydrogen-bond acceptors (Lipinski definition) is 3. The lowest BCUT2D eigenvalue weighted by Crippen LogP contribution is -2.18. The maximum Gasteiger partial charge on any atom is 0.123 e. The third-order valence-corrected chi connectivity index (χ3v) is 2.25. The van der Waals surface area contributed by atoms with E-state index >= 15 is 0 Å². The molecule has 0 spiro atoms. The average molecular weight is 179 g/mol. The topological polar surface area (TPSA) is 64.9 Å². The predicted molar refractivity (Wildman–Crippen MR) is 55.2 cm³/mol. The molecular weight excluding hydrogens is 162 g/mol. The minimum absolute atomic E-state index is 0.0492. The zero-order chi connectivity index (χ0) is 10.0. The molecule has 3 heteroatoms. The number of nitrogens with two attached hydrogens (primary N) is 2. The van der Waals surface area contributed by atoms with E-state index in [-0.39, 0.29) is 6.04 Å². The van der Waals surface area contributed by atoms with Gasteiger partial charge in [0.2, 0.25) is 0 Å². The van der Waals surface area contributed by atoms with Crippen molar-refractivity contribution in [3.63, 3.8) is 0 Å². The third-order valence-electron chi connectivity index (χ3n) is 2.25. The van der Waals surface area contributed by atoms with Gasteiger partial charge in [-0.1, -0.05) is 13.8 Å². The molecule has 0 bridgehead atoms. The second-order valence-corrected chi connectivity index (χ2v) is 3.74. The first kappa shape index (κ1) is 9.99. The lowest BCUT2D eigenvalue weighted by atomic mass is 9.95. The number of aromatic nitrogens is 1. The van der Waals surface area contributed by atoms with Gasteiger partial charge in [0.05, 0.1) is 0 Å². The molecule has 0 radical (unpaired) electrons. The molecule has 1 atom stereocenters. The Morgan fingerprint density at radius 2 is 2.00 bits per heavy atom. The quantitative estimate of drug-likeness (QED) is 0.725. The zero-order valence-corrected chi connectivity index (χ0v) is 8.41. The van der Waals surface area contributed by atoms with Crippen LogP contribution in [0.3, 0.4) is 0 Å². The van der Waals surface area contributed by atoms with E-state index in [9.17, 15) is 0 Å². The number of nitrogen functional groups attached to an aromatic ring is 1. The highest BCUT2D eigenvalue weighted by Gasteiger charge is 2.12. The van der Waals surface area contributed by atoms with Crippen LogP contribution in [0.25, 0.3) is 0 Å². The number of aryl methyl sites for hydroxylation is 1. The maximum atomic E-state index is 6.01. The largest absolute Gasteiger partial charge is 0.384 e. The predicted octanol–water partition coefficient (Wildman–Crippen LogP) is 1.63. The van der Waals surface area contributed by atoms with Crippen molar-refractivity contribution < 1.29 is 0 Å². The van der Waals surface area contributed by atoms with Crippen LogP contribution < -0.4 is 11.5 Å². The Kier molecular flexibility index (Phi) is 2.88. The third kappa shape index (κ3) is 2.18. The molecule has 3 nitrogen and oxygen atoms in total. The van der Waals surface area contributed by atoms with Gasteiger partial charge in [-0.3, -0.25) is 0 Å². The summed E-state index contributed by atoms with van der Waals surface area (Å²) >= 11 is 0. The molecule has 0 aliphatic carbocycles. The Labute approximate surface area is 79.2 Å². The van der Waals surface area contributed by atoms with Gasteiger partial charge in [-0.05, 0) is 30.0 Å². The zero-order valence-electron chi connectivity index (χ0n) is 8.41. The van der Waals surface area contributed by atoms with Crippen LogP contribution in [0.5, 0.6) is 0 Å². The van der Waals surface area contributed by atoms with Crippen LogP contribution in [0.2, 0.25) is 0 Å². The summed E-state index contributed by atoms with van der Waals surface area (Å²) in [6, 6.07) is 1.91. The van der Waals surface area contributed by atoms with Crippen molar-refractivity contribution in [2.75, 3.05) is 5.73 Å². The monoisotopic (exact) mass is 179 g/mol. The highest BCUT2D eigenvalue weighted by Crippen LogP contribution is 2.22. The van der Waals surface area contributed by atoms with Crippen LogP contribution >= 0.6 is 0 Å². The Morgan fingerprint density at radius 1 is 1.38 bits per heavy atom. The van der Waals surface area contributed by atoms with Gasteiger partial charge in [0.15, 0.2) is 0 Å². The molecular formula is C10H17N3. The van der Waals surface area contributed by atoms with Crippen molar-refractivity contribution in [1.82, 2.24) is 4.98 Å². The average Bonchev–Trinajstić information content (AvgIpc) is 2.03. The first-order chi connectivity index (χ1) is 6.02. The molecule has 0 aliphatic heterocycles. The molecule has 13 heavy (non-hydrogen) atoms. The first-order valence-corrected chi connectivity index (χ1v) is 4.50. The summed E-state index contributed by atoms with van der Waals surface area (Å²) < 4.78 is 0. The molecule has 1 heterocycles. The summed E-state index contributed by atoms with van der Waals surface area (Å²) in [6.07, 6.45) is 1.77. The van der Waals surface area contributed by atoms with E-state index in [2.05, 4.69) is 18.8 Å². The van der Waals surface area contributed by atoms with Crippen LogP contribution in [0.15, 0.2) is 12.3 Å². The maximum absolute atomic E-state index is 6.01. The summed E-state index contributed by atoms with van der Waals surface area (Å²) in [5, 5.41) is 0. The van der Waals surface area contributed by atoms with Gasteiger partial charge in [-0.25, -0.2) is 4.98 Å². The van der Waals surface area contributed by atoms with Crippen LogP contribution in [0.4, 0.5) is 5.82 Å². The lowest BCUT2D eigenvalue weighted by Gasteiger charge is -2.17. The van der Waals surface area contributed by atoms with Crippen molar-refractivity contribution in [2.24, 2.45) is 11.7 Å². The normalized spacial score (nSPS) is 13.3. The van der Waals surface area contributed by atoms with E-state index in [1.165, 1.54) is 0 Å². The van der Waals surface area contributed by atoms with E-state index in [0.29, 0.717) is 11.7 Å². The highest BCUT2D eigenvalue weighted by molar-refractivity contribution is 5.37. The molecule has 1 rings (SSSR count). The van der Waals surface area contributed by atoms with Gasteiger partial charge >= 0.3 is 0 Å². The van der Waals surface area contributed by atoms with Crippen molar-refractivity contribution in [2.45, 2.75) is 26.8 Å². The fraction of sp³-hybridized carbons (Fsp3) is 0.500. The molecule has 4 N–H and O–H groups in total. The van der Waals surface area contributed by atoms with E-state index in [1.807, 2.05) is 13.0 Å². The molecule has 1 aromatic heterocycles. The molecule has 0 saturated heterocycles. The van der Waals surface area contributed by atoms with Gasteiger partial charge in [-0.2, -0.15) is 0 Å². The summed E-state index contributed by atoms with van der Waals surface area (Å²) in [7, 11) is 0. The molecule has 0 aliphatic rings. The van der Waals surface area contributed by atoms with Crippen LogP contribution in [0.1, 0.15) is 31.0 Å². The molecule has 0 aromatic carbocycles. The van der Waals surface area contributed by atoms with Crippen molar-refractivity contribution in [1.29, 1.82) is 0 Å². The van der Waals surface area contributed by atoms with Crippen molar-refractivity contribution >= 4 is 5.82 Å². The number of anilines is 1. The van der Waals surface area contributed by atoms with Crippen LogP contribution in [0, 0.1) is 12.8 Å². The second-order valence-electron chi connectivity index (χ2n) is 3.74. The van der Waals surface area contributed by atoms with Gasteiger partial charge in [0.25, 0.3) is 0 Å². The Hall–Kier alpha value is -1.09.